The summed E-state index contributed by atoms with van der Waals surface area (Å²) in [6, 6.07) is 63.6. The summed E-state index contributed by atoms with van der Waals surface area (Å²) in [5.74, 6) is 0. The SMILES string of the molecule is N#Cc1cc(-n2c3ccccc3c3c4ccccc4ccc32)cc(C#N)c1-n1c2ccc(-c3ccccc3)cc2c2cc(-c3ccccc3)ccc21. The van der Waals surface area contributed by atoms with E-state index in [2.05, 4.69) is 161 Å². The molecule has 0 aliphatic rings. The van der Waals surface area contributed by atoms with Crippen molar-refractivity contribution >= 4 is 54.4 Å². The lowest BCUT2D eigenvalue weighted by molar-refractivity contribution is 1.12. The predicted molar refractivity (Wildman–Crippen MR) is 213 cm³/mol. The van der Waals surface area contributed by atoms with Gasteiger partial charge in [-0.15, -0.1) is 0 Å². The minimum absolute atomic E-state index is 0.429. The molecule has 10 aromatic rings. The molecule has 0 amide bonds. The van der Waals surface area contributed by atoms with Crippen LogP contribution in [0.5, 0.6) is 0 Å². The van der Waals surface area contributed by atoms with Crippen molar-refractivity contribution in [1.82, 2.24) is 9.13 Å². The average molecular weight is 661 g/mol. The monoisotopic (exact) mass is 660 g/mol. The third kappa shape index (κ3) is 4.39. The summed E-state index contributed by atoms with van der Waals surface area (Å²) in [5, 5.41) is 28.5. The zero-order valence-corrected chi connectivity index (χ0v) is 28.0. The van der Waals surface area contributed by atoms with Crippen molar-refractivity contribution in [3.05, 3.63) is 181 Å². The van der Waals surface area contributed by atoms with Crippen LogP contribution in [0.4, 0.5) is 0 Å². The first-order valence-electron chi connectivity index (χ1n) is 17.3. The van der Waals surface area contributed by atoms with Gasteiger partial charge in [0.25, 0.3) is 0 Å². The Morgan fingerprint density at radius 3 is 1.46 bits per heavy atom. The van der Waals surface area contributed by atoms with Crippen LogP contribution in [-0.4, -0.2) is 9.13 Å². The second-order valence-corrected chi connectivity index (χ2v) is 13.2. The number of para-hydroxylation sites is 1. The molecule has 8 aromatic carbocycles. The fraction of sp³-hybridized carbons (Fsp3) is 0. The van der Waals surface area contributed by atoms with E-state index in [9.17, 15) is 10.5 Å². The van der Waals surface area contributed by atoms with Crippen molar-refractivity contribution in [2.75, 3.05) is 0 Å². The smallest absolute Gasteiger partial charge is 0.101 e. The first-order chi connectivity index (χ1) is 25.7. The molecule has 2 aromatic heterocycles. The van der Waals surface area contributed by atoms with E-state index in [1.807, 2.05) is 30.3 Å². The molecule has 0 aliphatic carbocycles. The number of benzene rings is 8. The van der Waals surface area contributed by atoms with Gasteiger partial charge in [-0.25, -0.2) is 0 Å². The summed E-state index contributed by atoms with van der Waals surface area (Å²) >= 11 is 0. The number of fused-ring (bicyclic) bond motifs is 8. The Balaban J connectivity index is 1.26. The van der Waals surface area contributed by atoms with Crippen molar-refractivity contribution in [3.63, 3.8) is 0 Å². The summed E-state index contributed by atoms with van der Waals surface area (Å²) in [6.45, 7) is 0. The molecule has 0 atom stereocenters. The second-order valence-electron chi connectivity index (χ2n) is 13.2. The van der Waals surface area contributed by atoms with Crippen molar-refractivity contribution in [2.45, 2.75) is 0 Å². The molecule has 2 heterocycles. The quantitative estimate of drug-likeness (QED) is 0.189. The minimum Gasteiger partial charge on any atom is -0.309 e. The highest BCUT2D eigenvalue weighted by atomic mass is 15.0. The fourth-order valence-electron chi connectivity index (χ4n) is 8.06. The van der Waals surface area contributed by atoms with Crippen molar-refractivity contribution in [3.8, 4) is 45.8 Å². The zero-order valence-electron chi connectivity index (χ0n) is 28.0. The Morgan fingerprint density at radius 1 is 0.365 bits per heavy atom. The summed E-state index contributed by atoms with van der Waals surface area (Å²) in [5.41, 5.74) is 10.6. The molecule has 0 saturated heterocycles. The van der Waals surface area contributed by atoms with Gasteiger partial charge in [0.05, 0.1) is 38.9 Å². The number of aromatic nitrogens is 2. The lowest BCUT2D eigenvalue weighted by Crippen LogP contribution is -2.04. The van der Waals surface area contributed by atoms with Crippen molar-refractivity contribution in [2.24, 2.45) is 0 Å². The highest BCUT2D eigenvalue weighted by molar-refractivity contribution is 6.21. The van der Waals surface area contributed by atoms with Crippen LogP contribution in [0.2, 0.25) is 0 Å². The summed E-state index contributed by atoms with van der Waals surface area (Å²) in [6.07, 6.45) is 0. The van der Waals surface area contributed by atoms with Gasteiger partial charge in [0.1, 0.15) is 12.1 Å². The molecular formula is C48H28N4. The van der Waals surface area contributed by atoms with Crippen LogP contribution >= 0.6 is 0 Å². The van der Waals surface area contributed by atoms with Crippen LogP contribution in [-0.2, 0) is 0 Å². The van der Waals surface area contributed by atoms with Gasteiger partial charge < -0.3 is 9.13 Å². The van der Waals surface area contributed by atoms with Gasteiger partial charge in [-0.05, 0) is 81.6 Å². The summed E-state index contributed by atoms with van der Waals surface area (Å²) in [7, 11) is 0. The molecule has 4 nitrogen and oxygen atoms in total. The summed E-state index contributed by atoms with van der Waals surface area (Å²) in [4.78, 5) is 0. The Bertz CT molecular complexity index is 3000. The maximum atomic E-state index is 10.9. The molecular weight excluding hydrogens is 633 g/mol. The normalized spacial score (nSPS) is 11.4. The van der Waals surface area contributed by atoms with E-state index in [4.69, 9.17) is 0 Å². The molecule has 4 heteroatoms. The van der Waals surface area contributed by atoms with E-state index in [1.54, 1.807) is 0 Å². The Labute approximate surface area is 299 Å². The van der Waals surface area contributed by atoms with Crippen LogP contribution in [0.3, 0.4) is 0 Å². The number of nitrogens with zero attached hydrogens (tertiary/aromatic N) is 4. The highest BCUT2D eigenvalue weighted by Gasteiger charge is 2.22. The van der Waals surface area contributed by atoms with Gasteiger partial charge in [0.2, 0.25) is 0 Å². The molecule has 52 heavy (non-hydrogen) atoms. The van der Waals surface area contributed by atoms with Crippen LogP contribution < -0.4 is 0 Å². The third-order valence-corrected chi connectivity index (χ3v) is 10.4. The van der Waals surface area contributed by atoms with E-state index < -0.39 is 0 Å². The first-order valence-corrected chi connectivity index (χ1v) is 17.3. The van der Waals surface area contributed by atoms with Crippen LogP contribution in [0.1, 0.15) is 11.1 Å². The molecule has 0 bridgehead atoms. The Morgan fingerprint density at radius 2 is 0.865 bits per heavy atom. The zero-order chi connectivity index (χ0) is 34.8. The van der Waals surface area contributed by atoms with E-state index in [-0.39, 0.29) is 0 Å². The largest absolute Gasteiger partial charge is 0.309 e. The molecule has 240 valence electrons. The fourth-order valence-corrected chi connectivity index (χ4v) is 8.06. The average Bonchev–Trinajstić information content (AvgIpc) is 3.73. The number of rotatable bonds is 4. The second kappa shape index (κ2) is 11.6. The standard InChI is InChI=1S/C48H28N4/c49-29-36-25-38(51-43-18-10-9-17-40(43)47-39-16-8-7-15-33(39)19-24-46(47)51)26-37(30-50)48(36)52-44-22-20-34(31-11-3-1-4-12-31)27-41(44)42-28-35(21-23-45(42)52)32-13-5-2-6-14-32/h1-28H. The molecule has 0 fully saturated rings. The van der Waals surface area contributed by atoms with Crippen LogP contribution in [0.25, 0.3) is 88.0 Å². The van der Waals surface area contributed by atoms with Gasteiger partial charge in [0.15, 0.2) is 0 Å². The van der Waals surface area contributed by atoms with E-state index in [1.165, 1.54) is 10.8 Å². The van der Waals surface area contributed by atoms with Gasteiger partial charge >= 0.3 is 0 Å². The molecule has 0 unspecified atom stereocenters. The van der Waals surface area contributed by atoms with E-state index in [0.29, 0.717) is 16.8 Å². The Kier molecular flexibility index (Phi) is 6.58. The number of hydrogen-bond acceptors (Lipinski definition) is 2. The number of hydrogen-bond donors (Lipinski definition) is 0. The third-order valence-electron chi connectivity index (χ3n) is 10.4. The maximum absolute atomic E-state index is 10.9. The van der Waals surface area contributed by atoms with Gasteiger partial charge in [0, 0.05) is 27.2 Å². The molecule has 0 spiro atoms. The molecule has 0 aliphatic heterocycles. The molecule has 0 saturated carbocycles. The summed E-state index contributed by atoms with van der Waals surface area (Å²) < 4.78 is 4.29. The van der Waals surface area contributed by atoms with E-state index in [0.717, 1.165) is 71.6 Å². The number of nitriles is 2. The van der Waals surface area contributed by atoms with Crippen LogP contribution in [0.15, 0.2) is 170 Å². The van der Waals surface area contributed by atoms with Gasteiger partial charge in [-0.2, -0.15) is 10.5 Å². The minimum atomic E-state index is 0.429. The molecule has 10 rings (SSSR count). The van der Waals surface area contributed by atoms with Crippen LogP contribution in [0, 0.1) is 22.7 Å². The Hall–Kier alpha value is -7.40. The van der Waals surface area contributed by atoms with E-state index >= 15 is 0 Å². The lowest BCUT2D eigenvalue weighted by atomic mass is 10.0. The van der Waals surface area contributed by atoms with Gasteiger partial charge in [-0.3, -0.25) is 0 Å². The predicted octanol–water partition coefficient (Wildman–Crippen LogP) is 12.1. The topological polar surface area (TPSA) is 57.4 Å². The lowest BCUT2D eigenvalue weighted by Gasteiger charge is -2.16. The molecule has 0 N–H and O–H groups in total. The van der Waals surface area contributed by atoms with Crippen molar-refractivity contribution in [1.29, 1.82) is 10.5 Å². The van der Waals surface area contributed by atoms with Gasteiger partial charge in [-0.1, -0.05) is 121 Å². The maximum Gasteiger partial charge on any atom is 0.101 e. The highest BCUT2D eigenvalue weighted by Crippen LogP contribution is 2.41. The van der Waals surface area contributed by atoms with Crippen molar-refractivity contribution < 1.29 is 0 Å². The molecule has 0 radical (unpaired) electrons. The first kappa shape index (κ1) is 29.5.